The molecular formula is C17H18ClN3O4S. The van der Waals surface area contributed by atoms with Crippen molar-refractivity contribution in [3.63, 3.8) is 0 Å². The average molecular weight is 396 g/mol. The number of benzene rings is 1. The van der Waals surface area contributed by atoms with Crippen LogP contribution in [0.3, 0.4) is 0 Å². The molecule has 2 N–H and O–H groups in total. The van der Waals surface area contributed by atoms with E-state index in [-0.39, 0.29) is 11.7 Å². The van der Waals surface area contributed by atoms with Gasteiger partial charge in [0.1, 0.15) is 5.01 Å². The first-order valence-corrected chi connectivity index (χ1v) is 9.06. The summed E-state index contributed by atoms with van der Waals surface area (Å²) < 4.78 is 5.06. The maximum absolute atomic E-state index is 12.2. The first-order valence-electron chi connectivity index (χ1n) is 7.80. The van der Waals surface area contributed by atoms with Crippen molar-refractivity contribution in [1.29, 1.82) is 0 Å². The van der Waals surface area contributed by atoms with Gasteiger partial charge in [-0.3, -0.25) is 10.1 Å². The third kappa shape index (κ3) is 5.53. The minimum atomic E-state index is -1.14. The summed E-state index contributed by atoms with van der Waals surface area (Å²) in [6, 6.07) is 6.31. The Morgan fingerprint density at radius 3 is 2.62 bits per heavy atom. The number of rotatable bonds is 5. The molecule has 2 aromatic rings. The van der Waals surface area contributed by atoms with Gasteiger partial charge in [0.05, 0.1) is 0 Å². The number of carbonyl (C=O) groups is 3. The molecule has 1 atom stereocenters. The monoisotopic (exact) mass is 395 g/mol. The number of nitrogens with one attached hydrogen (secondary N) is 2. The molecular weight excluding hydrogens is 378 g/mol. The molecule has 0 unspecified atom stereocenters. The van der Waals surface area contributed by atoms with Gasteiger partial charge in [-0.05, 0) is 32.9 Å². The van der Waals surface area contributed by atoms with Gasteiger partial charge in [-0.1, -0.05) is 23.7 Å². The quantitative estimate of drug-likeness (QED) is 0.757. The molecule has 0 radical (unpaired) electrons. The van der Waals surface area contributed by atoms with E-state index in [1.807, 2.05) is 6.07 Å². The van der Waals surface area contributed by atoms with Crippen molar-refractivity contribution in [2.75, 3.05) is 0 Å². The van der Waals surface area contributed by atoms with Gasteiger partial charge in [0.2, 0.25) is 0 Å². The summed E-state index contributed by atoms with van der Waals surface area (Å²) in [5, 5.41) is 7.32. The van der Waals surface area contributed by atoms with Crippen molar-refractivity contribution < 1.29 is 19.1 Å². The zero-order chi connectivity index (χ0) is 19.3. The maximum Gasteiger partial charge on any atom is 0.358 e. The number of esters is 1. The number of carbonyl (C=O) groups excluding carboxylic acids is 3. The standard InChI is InChI=1S/C17H18ClN3O4S/c1-9(2)19-17(24)21-14(22)10(3)25-16(23)13-8-26-15(20-13)11-5-4-6-12(18)7-11/h4-10H,1-3H3,(H2,19,21,22,24)/t10-/m1/s1. The Balaban J connectivity index is 1.97. The molecule has 0 aliphatic rings. The van der Waals surface area contributed by atoms with Crippen LogP contribution in [0.1, 0.15) is 31.3 Å². The van der Waals surface area contributed by atoms with Crippen LogP contribution in [0.25, 0.3) is 10.6 Å². The third-order valence-electron chi connectivity index (χ3n) is 3.09. The van der Waals surface area contributed by atoms with Crippen LogP contribution in [0.2, 0.25) is 5.02 Å². The maximum atomic E-state index is 12.2. The molecule has 0 aliphatic heterocycles. The molecule has 9 heteroatoms. The number of hydrogen-bond donors (Lipinski definition) is 2. The summed E-state index contributed by atoms with van der Waals surface area (Å²) in [6.07, 6.45) is -1.14. The smallest absolute Gasteiger partial charge is 0.358 e. The van der Waals surface area contributed by atoms with Crippen LogP contribution < -0.4 is 10.6 Å². The number of aromatic nitrogens is 1. The molecule has 26 heavy (non-hydrogen) atoms. The molecule has 0 saturated carbocycles. The van der Waals surface area contributed by atoms with Gasteiger partial charge in [0, 0.05) is 22.0 Å². The number of ether oxygens (including phenoxy) is 1. The van der Waals surface area contributed by atoms with E-state index >= 15 is 0 Å². The number of nitrogens with zero attached hydrogens (tertiary/aromatic N) is 1. The van der Waals surface area contributed by atoms with Crippen molar-refractivity contribution in [2.24, 2.45) is 0 Å². The van der Waals surface area contributed by atoms with Gasteiger partial charge in [0.25, 0.3) is 5.91 Å². The lowest BCUT2D eigenvalue weighted by atomic mass is 10.2. The van der Waals surface area contributed by atoms with Gasteiger partial charge in [-0.2, -0.15) is 0 Å². The van der Waals surface area contributed by atoms with Crippen LogP contribution in [0.15, 0.2) is 29.6 Å². The molecule has 3 amide bonds. The van der Waals surface area contributed by atoms with Gasteiger partial charge < -0.3 is 10.1 Å². The predicted octanol–water partition coefficient (Wildman–Crippen LogP) is 3.24. The SMILES string of the molecule is CC(C)NC(=O)NC(=O)[C@@H](C)OC(=O)c1csc(-c2cccc(Cl)c2)n1. The zero-order valence-electron chi connectivity index (χ0n) is 14.4. The molecule has 0 saturated heterocycles. The lowest BCUT2D eigenvalue weighted by Crippen LogP contribution is -2.46. The summed E-state index contributed by atoms with van der Waals surface area (Å²) >= 11 is 7.21. The third-order valence-corrected chi connectivity index (χ3v) is 4.22. The Hall–Kier alpha value is -2.45. The first-order chi connectivity index (χ1) is 12.3. The fourth-order valence-corrected chi connectivity index (χ4v) is 2.88. The van der Waals surface area contributed by atoms with Crippen LogP contribution in [0.4, 0.5) is 4.79 Å². The number of halogens is 1. The zero-order valence-corrected chi connectivity index (χ0v) is 16.0. The van der Waals surface area contributed by atoms with Crippen LogP contribution >= 0.6 is 22.9 Å². The van der Waals surface area contributed by atoms with Crippen molar-refractivity contribution in [3.8, 4) is 10.6 Å². The van der Waals surface area contributed by atoms with Gasteiger partial charge in [-0.15, -0.1) is 11.3 Å². The van der Waals surface area contributed by atoms with E-state index in [2.05, 4.69) is 15.6 Å². The van der Waals surface area contributed by atoms with E-state index in [0.717, 1.165) is 5.56 Å². The molecule has 138 valence electrons. The Bertz CT molecular complexity index is 822. The lowest BCUT2D eigenvalue weighted by Gasteiger charge is -2.13. The van der Waals surface area contributed by atoms with Crippen molar-refractivity contribution >= 4 is 40.8 Å². The largest absolute Gasteiger partial charge is 0.448 e. The summed E-state index contributed by atoms with van der Waals surface area (Å²) in [6.45, 7) is 4.89. The normalized spacial score (nSPS) is 11.7. The topological polar surface area (TPSA) is 97.4 Å². The second-order valence-corrected chi connectivity index (χ2v) is 7.01. The molecule has 0 aliphatic carbocycles. The summed E-state index contributed by atoms with van der Waals surface area (Å²) in [5.41, 5.74) is 0.856. The summed E-state index contributed by atoms with van der Waals surface area (Å²) in [5.74, 6) is -1.47. The van der Waals surface area contributed by atoms with E-state index in [9.17, 15) is 14.4 Å². The highest BCUT2D eigenvalue weighted by Crippen LogP contribution is 2.26. The Morgan fingerprint density at radius 1 is 1.23 bits per heavy atom. The number of urea groups is 1. The van der Waals surface area contributed by atoms with Crippen molar-refractivity contribution in [2.45, 2.75) is 32.9 Å². The summed E-state index contributed by atoms with van der Waals surface area (Å²) in [4.78, 5) is 39.7. The van der Waals surface area contributed by atoms with Crippen LogP contribution in [-0.2, 0) is 9.53 Å². The number of thiazole rings is 1. The van der Waals surface area contributed by atoms with Crippen LogP contribution in [0, 0.1) is 0 Å². The van der Waals surface area contributed by atoms with Crippen LogP contribution in [0.5, 0.6) is 0 Å². The lowest BCUT2D eigenvalue weighted by molar-refractivity contribution is -0.127. The van der Waals surface area contributed by atoms with Crippen molar-refractivity contribution in [1.82, 2.24) is 15.6 Å². The molecule has 1 heterocycles. The molecule has 0 fully saturated rings. The van der Waals surface area contributed by atoms with Gasteiger partial charge in [-0.25, -0.2) is 14.6 Å². The average Bonchev–Trinajstić information content (AvgIpc) is 3.04. The molecule has 0 bridgehead atoms. The molecule has 1 aromatic carbocycles. The minimum Gasteiger partial charge on any atom is -0.448 e. The number of amides is 3. The second kappa shape index (κ2) is 8.77. The minimum absolute atomic E-state index is 0.0799. The van der Waals surface area contributed by atoms with E-state index in [4.69, 9.17) is 16.3 Å². The fourth-order valence-electron chi connectivity index (χ4n) is 1.91. The van der Waals surface area contributed by atoms with E-state index in [1.54, 1.807) is 32.0 Å². The highest BCUT2D eigenvalue weighted by Gasteiger charge is 2.22. The van der Waals surface area contributed by atoms with E-state index in [0.29, 0.717) is 10.0 Å². The van der Waals surface area contributed by atoms with Gasteiger partial charge in [0.15, 0.2) is 11.8 Å². The van der Waals surface area contributed by atoms with Crippen molar-refractivity contribution in [3.05, 3.63) is 40.4 Å². The highest BCUT2D eigenvalue weighted by atomic mass is 35.5. The summed E-state index contributed by atoms with van der Waals surface area (Å²) in [7, 11) is 0. The molecule has 2 rings (SSSR count). The number of imide groups is 1. The first kappa shape index (κ1) is 19.9. The Morgan fingerprint density at radius 2 is 1.96 bits per heavy atom. The van der Waals surface area contributed by atoms with Crippen LogP contribution in [-0.4, -0.2) is 35.0 Å². The number of hydrogen-bond acceptors (Lipinski definition) is 6. The van der Waals surface area contributed by atoms with E-state index < -0.39 is 24.0 Å². The second-order valence-electron chi connectivity index (χ2n) is 5.71. The Labute approximate surface area is 159 Å². The highest BCUT2D eigenvalue weighted by molar-refractivity contribution is 7.13. The van der Waals surface area contributed by atoms with Gasteiger partial charge >= 0.3 is 12.0 Å². The Kier molecular flexibility index (Phi) is 6.70. The predicted molar refractivity (Wildman–Crippen MR) is 99.2 cm³/mol. The van der Waals surface area contributed by atoms with E-state index in [1.165, 1.54) is 23.6 Å². The molecule has 7 nitrogen and oxygen atoms in total. The molecule has 1 aromatic heterocycles. The fraction of sp³-hybridized carbons (Fsp3) is 0.294. The molecule has 0 spiro atoms.